The van der Waals surface area contributed by atoms with E-state index >= 15 is 0 Å². The Morgan fingerprint density at radius 3 is 1.98 bits per heavy atom. The number of ether oxygens (including phenoxy) is 3. The van der Waals surface area contributed by atoms with Gasteiger partial charge in [-0.2, -0.15) is 0 Å². The first-order chi connectivity index (χ1) is 22.0. The van der Waals surface area contributed by atoms with Gasteiger partial charge in [0.2, 0.25) is 12.1 Å². The molecule has 16 heteroatoms. The van der Waals surface area contributed by atoms with E-state index < -0.39 is 73.2 Å². The fourth-order valence-corrected chi connectivity index (χ4v) is 8.79. The van der Waals surface area contributed by atoms with E-state index in [4.69, 9.17) is 18.6 Å². The lowest BCUT2D eigenvalue weighted by Crippen LogP contribution is -2.76. The molecular formula is C31H41N3O12Si. The number of hydrogen-bond donors (Lipinski definition) is 1. The number of aliphatic hydroxyl groups excluding tert-OH is 1. The molecule has 1 N–H and O–H groups in total. The van der Waals surface area contributed by atoms with E-state index in [9.17, 15) is 39.7 Å². The van der Waals surface area contributed by atoms with Gasteiger partial charge >= 0.3 is 12.1 Å². The number of likely N-dealkylation sites (tertiary alicyclic amines) is 1. The number of para-hydroxylation sites is 2. The van der Waals surface area contributed by atoms with Crippen LogP contribution in [-0.4, -0.2) is 70.7 Å². The number of β-lactam (4-membered cyclic amide) rings is 1. The number of benzene rings is 2. The van der Waals surface area contributed by atoms with Crippen molar-refractivity contribution in [2.45, 2.75) is 84.3 Å². The SMILES string of the molecule is CC(C)C[Si](C)(C)OCCC1(C)C(C(C)OC(=O)OCc2ccccc2[N+](=O)[O-])C(=O)N1C(O)C(=O)OCc1ccccc1[N+](=O)[O-]. The lowest BCUT2D eigenvalue weighted by atomic mass is 9.69. The van der Waals surface area contributed by atoms with Crippen molar-refractivity contribution in [3.05, 3.63) is 79.9 Å². The Morgan fingerprint density at radius 1 is 0.957 bits per heavy atom. The largest absolute Gasteiger partial charge is 0.508 e. The van der Waals surface area contributed by atoms with Crippen molar-refractivity contribution in [3.8, 4) is 0 Å². The summed E-state index contributed by atoms with van der Waals surface area (Å²) in [4.78, 5) is 61.4. The Bertz CT molecular complexity index is 1490. The summed E-state index contributed by atoms with van der Waals surface area (Å²) < 4.78 is 21.9. The monoisotopic (exact) mass is 675 g/mol. The Labute approximate surface area is 273 Å². The molecule has 1 heterocycles. The molecule has 0 spiro atoms. The molecule has 0 aromatic heterocycles. The highest BCUT2D eigenvalue weighted by molar-refractivity contribution is 6.71. The van der Waals surface area contributed by atoms with Gasteiger partial charge in [-0.05, 0) is 57.5 Å². The third-order valence-electron chi connectivity index (χ3n) is 8.02. The van der Waals surface area contributed by atoms with Crippen molar-refractivity contribution in [1.29, 1.82) is 0 Å². The molecule has 2 aromatic carbocycles. The summed E-state index contributed by atoms with van der Waals surface area (Å²) >= 11 is 0. The van der Waals surface area contributed by atoms with Crippen molar-refractivity contribution < 1.29 is 48.0 Å². The van der Waals surface area contributed by atoms with Crippen LogP contribution in [0.4, 0.5) is 16.2 Å². The maximum atomic E-state index is 13.5. The third-order valence-corrected chi connectivity index (χ3v) is 10.8. The summed E-state index contributed by atoms with van der Waals surface area (Å²) in [5.41, 5.74) is -1.53. The van der Waals surface area contributed by atoms with Gasteiger partial charge in [0.1, 0.15) is 19.3 Å². The summed E-state index contributed by atoms with van der Waals surface area (Å²) in [5.74, 6) is -2.54. The molecule has 4 unspecified atom stereocenters. The Morgan fingerprint density at radius 2 is 1.47 bits per heavy atom. The highest BCUT2D eigenvalue weighted by atomic mass is 28.4. The van der Waals surface area contributed by atoms with E-state index in [-0.39, 0.29) is 35.5 Å². The minimum atomic E-state index is -2.10. The van der Waals surface area contributed by atoms with Crippen LogP contribution in [0.2, 0.25) is 19.1 Å². The van der Waals surface area contributed by atoms with Gasteiger partial charge in [-0.25, -0.2) is 9.59 Å². The van der Waals surface area contributed by atoms with Crippen molar-refractivity contribution in [3.63, 3.8) is 0 Å². The molecule has 1 amide bonds. The van der Waals surface area contributed by atoms with E-state index in [1.165, 1.54) is 49.4 Å². The number of hydrogen-bond acceptors (Lipinski definition) is 12. The topological polar surface area (TPSA) is 198 Å². The van der Waals surface area contributed by atoms with Crippen molar-refractivity contribution >= 4 is 37.7 Å². The van der Waals surface area contributed by atoms with E-state index in [0.29, 0.717) is 5.92 Å². The summed E-state index contributed by atoms with van der Waals surface area (Å²) in [6, 6.07) is 12.2. The molecule has 15 nitrogen and oxygen atoms in total. The number of nitro groups is 2. The van der Waals surface area contributed by atoms with E-state index in [2.05, 4.69) is 26.9 Å². The Hall–Kier alpha value is -4.41. The van der Waals surface area contributed by atoms with Crippen molar-refractivity contribution in [2.75, 3.05) is 6.61 Å². The molecule has 4 atom stereocenters. The number of amides is 1. The summed E-state index contributed by atoms with van der Waals surface area (Å²) in [6.45, 7) is 10.6. The first-order valence-electron chi connectivity index (χ1n) is 15.1. The maximum absolute atomic E-state index is 13.5. The van der Waals surface area contributed by atoms with E-state index in [1.54, 1.807) is 13.0 Å². The first-order valence-corrected chi connectivity index (χ1v) is 18.2. The number of carbonyl (C=O) groups excluding carboxylic acids is 3. The van der Waals surface area contributed by atoms with Gasteiger partial charge < -0.3 is 28.6 Å². The fourth-order valence-electron chi connectivity index (χ4n) is 6.05. The average molecular weight is 676 g/mol. The highest BCUT2D eigenvalue weighted by Crippen LogP contribution is 2.45. The molecule has 1 fully saturated rings. The predicted octanol–water partition coefficient (Wildman–Crippen LogP) is 5.09. The number of esters is 1. The van der Waals surface area contributed by atoms with Gasteiger partial charge in [-0.3, -0.25) is 25.0 Å². The number of nitro benzene ring substituents is 2. The number of carbonyl (C=O) groups is 3. The smallest absolute Gasteiger partial charge is 0.457 e. The number of nitrogens with zero attached hydrogens (tertiary/aromatic N) is 3. The predicted molar refractivity (Wildman–Crippen MR) is 169 cm³/mol. The van der Waals surface area contributed by atoms with Crippen LogP contribution in [0, 0.1) is 32.1 Å². The normalized spacial score (nSPS) is 19.0. The lowest BCUT2D eigenvalue weighted by molar-refractivity contribution is -0.386. The van der Waals surface area contributed by atoms with Crippen LogP contribution in [0.1, 0.15) is 45.2 Å². The minimum absolute atomic E-state index is 0.0979. The van der Waals surface area contributed by atoms with Crippen LogP contribution in [0.3, 0.4) is 0 Å². The molecule has 0 aliphatic carbocycles. The van der Waals surface area contributed by atoms with Crippen molar-refractivity contribution in [1.82, 2.24) is 4.90 Å². The molecular weight excluding hydrogens is 634 g/mol. The molecule has 256 valence electrons. The molecule has 1 saturated heterocycles. The summed E-state index contributed by atoms with van der Waals surface area (Å²) in [6.07, 6.45) is -4.18. The second-order valence-electron chi connectivity index (χ2n) is 12.6. The van der Waals surface area contributed by atoms with Crippen molar-refractivity contribution in [2.24, 2.45) is 11.8 Å². The molecule has 0 saturated carbocycles. The average Bonchev–Trinajstić information content (AvgIpc) is 2.98. The van der Waals surface area contributed by atoms with Crippen LogP contribution in [0.25, 0.3) is 0 Å². The lowest BCUT2D eigenvalue weighted by Gasteiger charge is -2.58. The number of rotatable bonds is 16. The van der Waals surface area contributed by atoms with Gasteiger partial charge in [-0.1, -0.05) is 38.1 Å². The van der Waals surface area contributed by atoms with Gasteiger partial charge in [-0.15, -0.1) is 0 Å². The van der Waals surface area contributed by atoms with Gasteiger partial charge in [0.25, 0.3) is 11.4 Å². The zero-order valence-corrected chi connectivity index (χ0v) is 28.2. The zero-order chi connectivity index (χ0) is 35.1. The summed E-state index contributed by atoms with van der Waals surface area (Å²) in [7, 11) is -2.10. The van der Waals surface area contributed by atoms with Gasteiger partial charge in [0.15, 0.2) is 8.32 Å². The molecule has 0 radical (unpaired) electrons. The standard InChI is InChI=1S/C31H41N3O12Si/c1-20(2)19-47(5,6)45-16-15-31(4)26(21(3)46-30(38)44-18-23-12-8-10-14-25(23)34(41)42)27(35)32(31)28(36)29(37)43-17-22-11-7-9-13-24(22)33(39)40/h7-14,20-21,26,28,36H,15-19H2,1-6H3. The molecule has 47 heavy (non-hydrogen) atoms. The molecule has 2 aromatic rings. The second kappa shape index (κ2) is 15.5. The Kier molecular flexibility index (Phi) is 12.2. The van der Waals surface area contributed by atoms with E-state index in [1.807, 2.05) is 0 Å². The van der Waals surface area contributed by atoms with Crippen LogP contribution in [0.5, 0.6) is 0 Å². The van der Waals surface area contributed by atoms with Crippen LogP contribution in [-0.2, 0) is 41.4 Å². The Balaban J connectivity index is 1.75. The molecule has 0 bridgehead atoms. The van der Waals surface area contributed by atoms with Gasteiger partial charge in [0, 0.05) is 18.7 Å². The highest BCUT2D eigenvalue weighted by Gasteiger charge is 2.63. The van der Waals surface area contributed by atoms with E-state index in [0.717, 1.165) is 10.9 Å². The van der Waals surface area contributed by atoms with Crippen LogP contribution >= 0.6 is 0 Å². The minimum Gasteiger partial charge on any atom is -0.457 e. The quantitative estimate of drug-likeness (QED) is 0.0814. The van der Waals surface area contributed by atoms with Crippen LogP contribution < -0.4 is 0 Å². The maximum Gasteiger partial charge on any atom is 0.508 e. The number of aliphatic hydroxyl groups is 1. The van der Waals surface area contributed by atoms with Gasteiger partial charge in [0.05, 0.1) is 32.4 Å². The molecule has 3 rings (SSSR count). The zero-order valence-electron chi connectivity index (χ0n) is 27.2. The fraction of sp³-hybridized carbons (Fsp3) is 0.516. The molecule has 1 aliphatic rings. The molecule has 1 aliphatic heterocycles. The second-order valence-corrected chi connectivity index (χ2v) is 16.8. The van der Waals surface area contributed by atoms with Crippen LogP contribution in [0.15, 0.2) is 48.5 Å². The first kappa shape index (κ1) is 37.0. The third kappa shape index (κ3) is 9.11. The summed E-state index contributed by atoms with van der Waals surface area (Å²) in [5, 5.41) is 33.6.